The first kappa shape index (κ1) is 18.0. The van der Waals surface area contributed by atoms with Gasteiger partial charge in [0.15, 0.2) is 0 Å². The van der Waals surface area contributed by atoms with Crippen LogP contribution in [0.25, 0.3) is 0 Å². The second-order valence-corrected chi connectivity index (χ2v) is 7.27. The molecular formula is C17H30O4. The zero-order valence-corrected chi connectivity index (χ0v) is 13.9. The Hall–Kier alpha value is -1.06. The Labute approximate surface area is 128 Å². The lowest BCUT2D eigenvalue weighted by molar-refractivity contribution is -0.168. The number of carbonyl (C=O) groups excluding carboxylic acids is 1. The molecule has 0 amide bonds. The van der Waals surface area contributed by atoms with Crippen molar-refractivity contribution in [2.75, 3.05) is 0 Å². The third-order valence-electron chi connectivity index (χ3n) is 4.43. The van der Waals surface area contributed by atoms with Gasteiger partial charge in [0.05, 0.1) is 11.8 Å². The minimum absolute atomic E-state index is 0.113. The number of hydrogen-bond donors (Lipinski definition) is 1. The van der Waals surface area contributed by atoms with Gasteiger partial charge in [-0.25, -0.2) is 0 Å². The van der Waals surface area contributed by atoms with Gasteiger partial charge in [0.25, 0.3) is 0 Å². The Balaban J connectivity index is 2.73. The van der Waals surface area contributed by atoms with E-state index in [1.807, 2.05) is 0 Å². The molecule has 3 unspecified atom stereocenters. The first-order valence-corrected chi connectivity index (χ1v) is 8.20. The molecule has 1 rings (SSSR count). The zero-order valence-electron chi connectivity index (χ0n) is 13.9. The number of rotatable bonds is 6. The fourth-order valence-electron chi connectivity index (χ4n) is 2.99. The fraction of sp³-hybridized carbons (Fsp3) is 0.882. The number of ether oxygens (including phenoxy) is 1. The molecule has 4 nitrogen and oxygen atoms in total. The highest BCUT2D eigenvalue weighted by Gasteiger charge is 2.39. The van der Waals surface area contributed by atoms with E-state index < -0.39 is 17.8 Å². The monoisotopic (exact) mass is 298 g/mol. The fourth-order valence-corrected chi connectivity index (χ4v) is 2.99. The molecule has 0 heterocycles. The standard InChI is InChI=1S/C17H30O4/c1-5-6-11-14(17(2,3)4)21-16(20)13-10-8-7-9-12(13)15(18)19/h12-14H,5-11H2,1-4H3,(H,18,19). The Kier molecular flexibility index (Phi) is 6.69. The Bertz CT molecular complexity index is 356. The summed E-state index contributed by atoms with van der Waals surface area (Å²) in [7, 11) is 0. The molecule has 0 aliphatic heterocycles. The highest BCUT2D eigenvalue weighted by molar-refractivity contribution is 5.81. The third kappa shape index (κ3) is 5.33. The van der Waals surface area contributed by atoms with Gasteiger partial charge in [0.2, 0.25) is 0 Å². The van der Waals surface area contributed by atoms with Gasteiger partial charge in [-0.2, -0.15) is 0 Å². The molecule has 1 fully saturated rings. The number of carboxylic acid groups (broad SMARTS) is 1. The van der Waals surface area contributed by atoms with Crippen LogP contribution in [0.5, 0.6) is 0 Å². The summed E-state index contributed by atoms with van der Waals surface area (Å²) in [5.41, 5.74) is -0.113. The van der Waals surface area contributed by atoms with Crippen LogP contribution in [0.3, 0.4) is 0 Å². The van der Waals surface area contributed by atoms with Crippen LogP contribution in [-0.4, -0.2) is 23.1 Å². The lowest BCUT2D eigenvalue weighted by Gasteiger charge is -2.34. The molecule has 0 saturated heterocycles. The van der Waals surface area contributed by atoms with Crippen LogP contribution in [0.15, 0.2) is 0 Å². The normalized spacial score (nSPS) is 24.4. The van der Waals surface area contributed by atoms with E-state index in [1.54, 1.807) is 0 Å². The largest absolute Gasteiger partial charge is 0.481 e. The predicted octanol–water partition coefficient (Wildman–Crippen LogP) is 4.03. The molecule has 0 bridgehead atoms. The molecule has 4 heteroatoms. The number of aliphatic carboxylic acids is 1. The zero-order chi connectivity index (χ0) is 16.0. The van der Waals surface area contributed by atoms with E-state index in [0.29, 0.717) is 12.8 Å². The summed E-state index contributed by atoms with van der Waals surface area (Å²) in [5, 5.41) is 9.29. The molecule has 0 aromatic carbocycles. The van der Waals surface area contributed by atoms with Crippen molar-refractivity contribution in [1.29, 1.82) is 0 Å². The van der Waals surface area contributed by atoms with Crippen LogP contribution in [-0.2, 0) is 14.3 Å². The minimum Gasteiger partial charge on any atom is -0.481 e. The first-order valence-electron chi connectivity index (χ1n) is 8.20. The van der Waals surface area contributed by atoms with Crippen molar-refractivity contribution in [2.45, 2.75) is 78.7 Å². The van der Waals surface area contributed by atoms with Crippen molar-refractivity contribution in [3.63, 3.8) is 0 Å². The molecule has 0 aromatic heterocycles. The number of carboxylic acids is 1. The molecule has 21 heavy (non-hydrogen) atoms. The molecule has 1 aliphatic rings. The average molecular weight is 298 g/mol. The van der Waals surface area contributed by atoms with Crippen LogP contribution in [0.2, 0.25) is 0 Å². The van der Waals surface area contributed by atoms with E-state index in [1.165, 1.54) is 0 Å². The predicted molar refractivity (Wildman–Crippen MR) is 81.9 cm³/mol. The molecule has 3 atom stereocenters. The highest BCUT2D eigenvalue weighted by Crippen LogP contribution is 2.34. The van der Waals surface area contributed by atoms with Crippen LogP contribution >= 0.6 is 0 Å². The van der Waals surface area contributed by atoms with E-state index >= 15 is 0 Å². The maximum Gasteiger partial charge on any atom is 0.310 e. The summed E-state index contributed by atoms with van der Waals surface area (Å²) in [6.07, 6.45) is 5.81. The van der Waals surface area contributed by atoms with Gasteiger partial charge in [-0.3, -0.25) is 9.59 Å². The summed E-state index contributed by atoms with van der Waals surface area (Å²) in [5.74, 6) is -2.21. The Morgan fingerprint density at radius 2 is 1.76 bits per heavy atom. The van der Waals surface area contributed by atoms with Gasteiger partial charge in [-0.15, -0.1) is 0 Å². The van der Waals surface area contributed by atoms with Crippen molar-refractivity contribution in [1.82, 2.24) is 0 Å². The summed E-state index contributed by atoms with van der Waals surface area (Å²) in [4.78, 5) is 23.8. The van der Waals surface area contributed by atoms with E-state index in [4.69, 9.17) is 4.74 Å². The SMILES string of the molecule is CCCCC(OC(=O)C1CCCCC1C(=O)O)C(C)(C)C. The molecule has 1 aliphatic carbocycles. The molecule has 0 radical (unpaired) electrons. The molecule has 1 N–H and O–H groups in total. The Morgan fingerprint density at radius 1 is 1.19 bits per heavy atom. The van der Waals surface area contributed by atoms with E-state index in [-0.39, 0.29) is 17.5 Å². The summed E-state index contributed by atoms with van der Waals surface area (Å²) in [6, 6.07) is 0. The second-order valence-electron chi connectivity index (χ2n) is 7.27. The quantitative estimate of drug-likeness (QED) is 0.752. The topological polar surface area (TPSA) is 63.6 Å². The first-order chi connectivity index (χ1) is 9.77. The Morgan fingerprint density at radius 3 is 2.24 bits per heavy atom. The third-order valence-corrected chi connectivity index (χ3v) is 4.43. The second kappa shape index (κ2) is 7.81. The molecule has 122 valence electrons. The summed E-state index contributed by atoms with van der Waals surface area (Å²) in [6.45, 7) is 8.31. The average Bonchev–Trinajstić information content (AvgIpc) is 2.41. The van der Waals surface area contributed by atoms with Gasteiger partial charge in [-0.1, -0.05) is 53.4 Å². The van der Waals surface area contributed by atoms with Crippen LogP contribution < -0.4 is 0 Å². The van der Waals surface area contributed by atoms with E-state index in [9.17, 15) is 14.7 Å². The van der Waals surface area contributed by atoms with Crippen molar-refractivity contribution in [3.05, 3.63) is 0 Å². The van der Waals surface area contributed by atoms with E-state index in [0.717, 1.165) is 32.1 Å². The maximum atomic E-state index is 12.4. The smallest absolute Gasteiger partial charge is 0.310 e. The summed E-state index contributed by atoms with van der Waals surface area (Å²) < 4.78 is 5.73. The lowest BCUT2D eigenvalue weighted by atomic mass is 9.79. The van der Waals surface area contributed by atoms with Gasteiger partial charge in [0.1, 0.15) is 6.10 Å². The molecule has 0 aromatic rings. The molecule has 0 spiro atoms. The van der Waals surface area contributed by atoms with Gasteiger partial charge < -0.3 is 9.84 Å². The van der Waals surface area contributed by atoms with Gasteiger partial charge in [-0.05, 0) is 24.7 Å². The molecular weight excluding hydrogens is 268 g/mol. The van der Waals surface area contributed by atoms with Crippen molar-refractivity contribution in [2.24, 2.45) is 17.3 Å². The summed E-state index contributed by atoms with van der Waals surface area (Å²) >= 11 is 0. The van der Waals surface area contributed by atoms with Crippen LogP contribution in [0, 0.1) is 17.3 Å². The highest BCUT2D eigenvalue weighted by atomic mass is 16.5. The molecule has 1 saturated carbocycles. The lowest BCUT2D eigenvalue weighted by Crippen LogP contribution is -2.39. The number of esters is 1. The minimum atomic E-state index is -0.863. The van der Waals surface area contributed by atoms with Gasteiger partial charge >= 0.3 is 11.9 Å². The van der Waals surface area contributed by atoms with Crippen molar-refractivity contribution in [3.8, 4) is 0 Å². The van der Waals surface area contributed by atoms with Crippen LogP contribution in [0.1, 0.15) is 72.6 Å². The van der Waals surface area contributed by atoms with Crippen molar-refractivity contribution >= 4 is 11.9 Å². The van der Waals surface area contributed by atoms with E-state index in [2.05, 4.69) is 27.7 Å². The van der Waals surface area contributed by atoms with Crippen LogP contribution in [0.4, 0.5) is 0 Å². The van der Waals surface area contributed by atoms with Crippen molar-refractivity contribution < 1.29 is 19.4 Å². The maximum absolute atomic E-state index is 12.4. The number of unbranched alkanes of at least 4 members (excludes halogenated alkanes) is 1. The number of carbonyl (C=O) groups is 2. The van der Waals surface area contributed by atoms with Gasteiger partial charge in [0, 0.05) is 0 Å². The number of hydrogen-bond acceptors (Lipinski definition) is 3.